The molecule has 0 saturated heterocycles. The molecule has 0 unspecified atom stereocenters. The number of halogens is 2. The zero-order chi connectivity index (χ0) is 24.5. The number of phenols is 1. The molecule has 0 aromatic heterocycles. The molecule has 3 aromatic carbocycles. The highest BCUT2D eigenvalue weighted by Crippen LogP contribution is 2.31. The van der Waals surface area contributed by atoms with E-state index in [0.717, 1.165) is 24.0 Å². The zero-order valence-corrected chi connectivity index (χ0v) is 19.9. The highest BCUT2D eigenvalue weighted by Gasteiger charge is 2.18. The van der Waals surface area contributed by atoms with Crippen LogP contribution in [0.1, 0.15) is 67.4 Å². The third kappa shape index (κ3) is 6.43. The van der Waals surface area contributed by atoms with Crippen molar-refractivity contribution in [2.45, 2.75) is 58.8 Å². The van der Waals surface area contributed by atoms with E-state index < -0.39 is 11.6 Å². The number of ether oxygens (including phenoxy) is 1. The van der Waals surface area contributed by atoms with Crippen molar-refractivity contribution in [1.29, 1.82) is 0 Å². The number of benzene rings is 3. The van der Waals surface area contributed by atoms with E-state index >= 15 is 0 Å². The summed E-state index contributed by atoms with van der Waals surface area (Å²) in [4.78, 5) is 12.5. The Morgan fingerprint density at radius 2 is 1.59 bits per heavy atom. The van der Waals surface area contributed by atoms with Crippen LogP contribution in [0.2, 0.25) is 0 Å². The van der Waals surface area contributed by atoms with Crippen LogP contribution in [0.3, 0.4) is 0 Å². The van der Waals surface area contributed by atoms with Crippen molar-refractivity contribution in [3.05, 3.63) is 82.9 Å². The largest absolute Gasteiger partial charge is 0.504 e. The van der Waals surface area contributed by atoms with Crippen LogP contribution in [0, 0.1) is 11.6 Å². The molecule has 0 atom stereocenters. The van der Waals surface area contributed by atoms with Gasteiger partial charge in [-0.05, 0) is 67.5 Å². The van der Waals surface area contributed by atoms with Crippen molar-refractivity contribution in [2.75, 3.05) is 6.61 Å². The van der Waals surface area contributed by atoms with Gasteiger partial charge in [0, 0.05) is 12.0 Å². The van der Waals surface area contributed by atoms with E-state index in [1.807, 2.05) is 18.2 Å². The molecule has 3 aromatic rings. The van der Waals surface area contributed by atoms with Gasteiger partial charge in [0.2, 0.25) is 5.82 Å². The second-order valence-electron chi connectivity index (χ2n) is 8.45. The predicted octanol–water partition coefficient (Wildman–Crippen LogP) is 7.67. The first-order chi connectivity index (χ1) is 16.4. The maximum absolute atomic E-state index is 14.8. The Balaban J connectivity index is 1.58. The first kappa shape index (κ1) is 25.4. The average molecular weight is 467 g/mol. The summed E-state index contributed by atoms with van der Waals surface area (Å²) in [6, 6.07) is 15.9. The Morgan fingerprint density at radius 1 is 0.882 bits per heavy atom. The highest BCUT2D eigenvalue weighted by molar-refractivity contribution is 5.98. The van der Waals surface area contributed by atoms with E-state index in [9.17, 15) is 18.7 Å². The highest BCUT2D eigenvalue weighted by atomic mass is 19.1. The first-order valence-corrected chi connectivity index (χ1v) is 12.0. The Hall–Kier alpha value is -3.21. The van der Waals surface area contributed by atoms with Gasteiger partial charge in [0.1, 0.15) is 5.82 Å². The topological polar surface area (TPSA) is 46.5 Å². The summed E-state index contributed by atoms with van der Waals surface area (Å²) in [7, 11) is 0. The number of Topliss-reactive ketones (excluding diaryl/α,β-unsaturated/α-hetero) is 1. The fourth-order valence-corrected chi connectivity index (χ4v) is 4.00. The van der Waals surface area contributed by atoms with Gasteiger partial charge < -0.3 is 9.84 Å². The molecule has 3 nitrogen and oxygen atoms in total. The van der Waals surface area contributed by atoms with Gasteiger partial charge in [0.25, 0.3) is 0 Å². The quantitative estimate of drug-likeness (QED) is 0.220. The van der Waals surface area contributed by atoms with Gasteiger partial charge in [-0.2, -0.15) is 4.39 Å². The van der Waals surface area contributed by atoms with E-state index in [2.05, 4.69) is 19.1 Å². The van der Waals surface area contributed by atoms with Crippen LogP contribution >= 0.6 is 0 Å². The lowest BCUT2D eigenvalue weighted by Crippen LogP contribution is -2.03. The number of rotatable bonds is 12. The first-order valence-electron chi connectivity index (χ1n) is 12.0. The molecule has 0 saturated carbocycles. The number of unbranched alkanes of at least 4 members (excludes halogenated alkanes) is 2. The monoisotopic (exact) mass is 466 g/mol. The van der Waals surface area contributed by atoms with Crippen molar-refractivity contribution in [2.24, 2.45) is 0 Å². The van der Waals surface area contributed by atoms with Crippen molar-refractivity contribution in [1.82, 2.24) is 0 Å². The SMILES string of the molecule is CCCCCc1ccc(-c2ccc(CCCC(=O)c3ccc(OCC)c(F)c3O)cc2F)cc1. The number of aromatic hydroxyl groups is 1. The molecule has 0 radical (unpaired) electrons. The summed E-state index contributed by atoms with van der Waals surface area (Å²) in [6.45, 7) is 4.14. The van der Waals surface area contributed by atoms with Crippen LogP contribution in [-0.4, -0.2) is 17.5 Å². The van der Waals surface area contributed by atoms with E-state index in [1.54, 1.807) is 13.0 Å². The fourth-order valence-electron chi connectivity index (χ4n) is 4.00. The molecule has 3 rings (SSSR count). The fraction of sp³-hybridized carbons (Fsp3) is 0.345. The second-order valence-corrected chi connectivity index (χ2v) is 8.45. The van der Waals surface area contributed by atoms with Crippen molar-refractivity contribution in [3.63, 3.8) is 0 Å². The number of carbonyl (C=O) groups is 1. The van der Waals surface area contributed by atoms with Gasteiger partial charge in [-0.25, -0.2) is 4.39 Å². The molecule has 0 amide bonds. The lowest BCUT2D eigenvalue weighted by atomic mass is 9.98. The number of hydrogen-bond acceptors (Lipinski definition) is 3. The van der Waals surface area contributed by atoms with Crippen LogP contribution in [0.5, 0.6) is 11.5 Å². The third-order valence-corrected chi connectivity index (χ3v) is 5.92. The Morgan fingerprint density at radius 3 is 2.26 bits per heavy atom. The maximum Gasteiger partial charge on any atom is 0.207 e. The summed E-state index contributed by atoms with van der Waals surface area (Å²) in [5.74, 6) is -2.37. The third-order valence-electron chi connectivity index (χ3n) is 5.92. The maximum atomic E-state index is 14.8. The lowest BCUT2D eigenvalue weighted by molar-refractivity contribution is 0.0976. The van der Waals surface area contributed by atoms with Crippen LogP contribution in [0.15, 0.2) is 54.6 Å². The summed E-state index contributed by atoms with van der Waals surface area (Å²) in [5.41, 5.74) is 3.37. The molecule has 0 heterocycles. The minimum atomic E-state index is -0.931. The number of carbonyl (C=O) groups excluding carboxylic acids is 1. The molecule has 180 valence electrons. The van der Waals surface area contributed by atoms with Crippen LogP contribution in [0.4, 0.5) is 8.78 Å². The Labute approximate surface area is 200 Å². The van der Waals surface area contributed by atoms with Crippen LogP contribution < -0.4 is 4.74 Å². The number of hydrogen-bond donors (Lipinski definition) is 1. The summed E-state index contributed by atoms with van der Waals surface area (Å²) >= 11 is 0. The summed E-state index contributed by atoms with van der Waals surface area (Å²) < 4.78 is 34.0. The van der Waals surface area contributed by atoms with E-state index in [1.165, 1.54) is 36.6 Å². The minimum absolute atomic E-state index is 0.0689. The average Bonchev–Trinajstić information content (AvgIpc) is 2.83. The van der Waals surface area contributed by atoms with Crippen LogP contribution in [0.25, 0.3) is 11.1 Å². The van der Waals surface area contributed by atoms with Gasteiger partial charge in [0.15, 0.2) is 17.3 Å². The molecule has 5 heteroatoms. The summed E-state index contributed by atoms with van der Waals surface area (Å²) in [6.07, 6.45) is 5.67. The molecule has 0 bridgehead atoms. The molecule has 34 heavy (non-hydrogen) atoms. The van der Waals surface area contributed by atoms with Gasteiger partial charge >= 0.3 is 0 Å². The minimum Gasteiger partial charge on any atom is -0.504 e. The molecule has 1 N–H and O–H groups in total. The van der Waals surface area contributed by atoms with Gasteiger partial charge in [-0.15, -0.1) is 0 Å². The smallest absolute Gasteiger partial charge is 0.207 e. The van der Waals surface area contributed by atoms with Crippen molar-refractivity contribution in [3.8, 4) is 22.6 Å². The zero-order valence-electron chi connectivity index (χ0n) is 19.9. The molecule has 0 aliphatic rings. The van der Waals surface area contributed by atoms with E-state index in [0.29, 0.717) is 18.4 Å². The van der Waals surface area contributed by atoms with Gasteiger partial charge in [-0.1, -0.05) is 56.2 Å². The molecule has 0 aliphatic carbocycles. The molecular weight excluding hydrogens is 434 g/mol. The Kier molecular flexibility index (Phi) is 9.20. The van der Waals surface area contributed by atoms with Gasteiger partial charge in [-0.3, -0.25) is 4.79 Å². The summed E-state index contributed by atoms with van der Waals surface area (Å²) in [5, 5.41) is 10.0. The second kappa shape index (κ2) is 12.3. The standard InChI is InChI=1S/C29H32F2O3/c1-3-5-6-8-20-11-14-22(15-12-20)23-16-13-21(19-25(23)30)9-7-10-26(32)24-17-18-27(34-4-2)28(31)29(24)33/h11-19,33H,3-10H2,1-2H3. The van der Waals surface area contributed by atoms with Crippen molar-refractivity contribution >= 4 is 5.78 Å². The van der Waals surface area contributed by atoms with Gasteiger partial charge in [0.05, 0.1) is 12.2 Å². The number of aryl methyl sites for hydroxylation is 2. The molecule has 0 aliphatic heterocycles. The van der Waals surface area contributed by atoms with E-state index in [4.69, 9.17) is 4.74 Å². The van der Waals surface area contributed by atoms with E-state index in [-0.39, 0.29) is 35.9 Å². The molecular formula is C29H32F2O3. The Bertz CT molecular complexity index is 1110. The van der Waals surface area contributed by atoms with Crippen molar-refractivity contribution < 1.29 is 23.4 Å². The number of phenolic OH excluding ortho intramolecular Hbond substituents is 1. The molecule has 0 fully saturated rings. The number of ketones is 1. The molecule has 0 spiro atoms. The lowest BCUT2D eigenvalue weighted by Gasteiger charge is -2.10. The van der Waals surface area contributed by atoms with Crippen LogP contribution in [-0.2, 0) is 12.8 Å². The predicted molar refractivity (Wildman–Crippen MR) is 132 cm³/mol. The normalized spacial score (nSPS) is 10.9.